The number of hydrogen-bond acceptors (Lipinski definition) is 5. The fourth-order valence-electron chi connectivity index (χ4n) is 3.11. The van der Waals surface area contributed by atoms with E-state index in [-0.39, 0.29) is 13.2 Å². The van der Waals surface area contributed by atoms with Crippen molar-refractivity contribution >= 4 is 29.1 Å². The summed E-state index contributed by atoms with van der Waals surface area (Å²) in [7, 11) is 0. The molecule has 0 spiro atoms. The number of anilines is 3. The fourth-order valence-corrected chi connectivity index (χ4v) is 3.11. The van der Waals surface area contributed by atoms with Crippen LogP contribution in [-0.2, 0) is 20.9 Å². The smallest absolute Gasteiger partial charge is 0.407 e. The lowest BCUT2D eigenvalue weighted by Gasteiger charge is -2.22. The molecular formula is C27H30FN3O4. The van der Waals surface area contributed by atoms with Crippen molar-refractivity contribution in [2.75, 3.05) is 17.2 Å². The van der Waals surface area contributed by atoms with Crippen LogP contribution in [0.4, 0.5) is 26.2 Å². The van der Waals surface area contributed by atoms with Gasteiger partial charge in [0.25, 0.3) is 5.91 Å². The van der Waals surface area contributed by atoms with Gasteiger partial charge in [0.1, 0.15) is 11.4 Å². The number of benzene rings is 3. The second-order valence-electron chi connectivity index (χ2n) is 8.84. The highest BCUT2D eigenvalue weighted by molar-refractivity contribution is 5.98. The predicted octanol–water partition coefficient (Wildman–Crippen LogP) is 5.62. The number of para-hydroxylation sites is 1. The van der Waals surface area contributed by atoms with Crippen molar-refractivity contribution in [3.05, 3.63) is 90.2 Å². The van der Waals surface area contributed by atoms with Gasteiger partial charge in [-0.3, -0.25) is 4.79 Å². The van der Waals surface area contributed by atoms with E-state index >= 15 is 0 Å². The summed E-state index contributed by atoms with van der Waals surface area (Å²) in [4.78, 5) is 25.3. The molecular weight excluding hydrogens is 449 g/mol. The van der Waals surface area contributed by atoms with Gasteiger partial charge >= 0.3 is 6.09 Å². The maximum Gasteiger partial charge on any atom is 0.407 e. The second kappa shape index (κ2) is 12.0. The third kappa shape index (κ3) is 8.75. The lowest BCUT2D eigenvalue weighted by atomic mass is 10.2. The number of nitrogens with one attached hydrogen (secondary N) is 3. The number of alkyl carbamates (subject to hydrolysis) is 1. The van der Waals surface area contributed by atoms with Gasteiger partial charge in [-0.1, -0.05) is 48.5 Å². The van der Waals surface area contributed by atoms with Gasteiger partial charge in [-0.15, -0.1) is 0 Å². The Labute approximate surface area is 204 Å². The van der Waals surface area contributed by atoms with E-state index < -0.39 is 29.5 Å². The van der Waals surface area contributed by atoms with Gasteiger partial charge in [0.15, 0.2) is 6.10 Å². The molecule has 3 rings (SSSR count). The van der Waals surface area contributed by atoms with Crippen molar-refractivity contribution in [2.45, 2.75) is 39.1 Å². The summed E-state index contributed by atoms with van der Waals surface area (Å²) in [6.45, 7) is 5.29. The van der Waals surface area contributed by atoms with Crippen molar-refractivity contribution in [2.24, 2.45) is 0 Å². The number of rotatable bonds is 9. The van der Waals surface area contributed by atoms with Gasteiger partial charge in [-0.25, -0.2) is 9.18 Å². The Balaban J connectivity index is 1.74. The van der Waals surface area contributed by atoms with Crippen LogP contribution in [0.5, 0.6) is 0 Å². The molecule has 7 nitrogen and oxygen atoms in total. The van der Waals surface area contributed by atoms with Crippen LogP contribution in [0.1, 0.15) is 26.3 Å². The van der Waals surface area contributed by atoms with Crippen molar-refractivity contribution in [1.82, 2.24) is 5.32 Å². The molecule has 2 amide bonds. The summed E-state index contributed by atoms with van der Waals surface area (Å²) in [5.41, 5.74) is 1.67. The van der Waals surface area contributed by atoms with Gasteiger partial charge in [0.2, 0.25) is 0 Å². The van der Waals surface area contributed by atoms with Crippen LogP contribution in [0, 0.1) is 5.82 Å². The lowest BCUT2D eigenvalue weighted by Crippen LogP contribution is -2.43. The van der Waals surface area contributed by atoms with Crippen LogP contribution in [0.25, 0.3) is 0 Å². The van der Waals surface area contributed by atoms with Crippen LogP contribution in [-0.4, -0.2) is 30.3 Å². The molecule has 35 heavy (non-hydrogen) atoms. The number of hydrogen-bond donors (Lipinski definition) is 3. The molecule has 1 unspecified atom stereocenters. The molecule has 0 aliphatic rings. The zero-order valence-corrected chi connectivity index (χ0v) is 20.0. The van der Waals surface area contributed by atoms with E-state index in [0.29, 0.717) is 11.4 Å². The minimum absolute atomic E-state index is 0.115. The first-order valence-corrected chi connectivity index (χ1v) is 11.2. The first-order chi connectivity index (χ1) is 16.7. The normalized spacial score (nSPS) is 11.9. The molecule has 0 radical (unpaired) electrons. The molecule has 3 N–H and O–H groups in total. The summed E-state index contributed by atoms with van der Waals surface area (Å²) in [5, 5.41) is 8.47. The Bertz CT molecular complexity index is 1120. The highest BCUT2D eigenvalue weighted by Crippen LogP contribution is 2.27. The molecule has 8 heteroatoms. The Morgan fingerprint density at radius 2 is 1.57 bits per heavy atom. The topological polar surface area (TPSA) is 88.7 Å². The predicted molar refractivity (Wildman–Crippen MR) is 134 cm³/mol. The van der Waals surface area contributed by atoms with Crippen molar-refractivity contribution in [3.63, 3.8) is 0 Å². The molecule has 184 valence electrons. The Morgan fingerprint density at radius 1 is 0.914 bits per heavy atom. The van der Waals surface area contributed by atoms with Gasteiger partial charge < -0.3 is 25.4 Å². The van der Waals surface area contributed by atoms with Crippen LogP contribution in [0.3, 0.4) is 0 Å². The number of carbonyl (C=O) groups excluding carboxylic acids is 2. The molecule has 0 aliphatic heterocycles. The second-order valence-corrected chi connectivity index (χ2v) is 8.84. The molecule has 0 bridgehead atoms. The number of amides is 2. The van der Waals surface area contributed by atoms with Crippen molar-refractivity contribution in [1.29, 1.82) is 0 Å². The maximum atomic E-state index is 14.0. The van der Waals surface area contributed by atoms with E-state index in [1.165, 1.54) is 18.2 Å². The minimum atomic E-state index is -1.03. The maximum absolute atomic E-state index is 14.0. The third-order valence-electron chi connectivity index (χ3n) is 4.71. The molecule has 0 fully saturated rings. The molecule has 0 saturated heterocycles. The molecule has 3 aromatic rings. The lowest BCUT2D eigenvalue weighted by molar-refractivity contribution is -0.127. The van der Waals surface area contributed by atoms with E-state index in [1.54, 1.807) is 20.8 Å². The molecule has 0 saturated carbocycles. The quantitative estimate of drug-likeness (QED) is 0.371. The Morgan fingerprint density at radius 3 is 2.23 bits per heavy atom. The molecule has 1 atom stereocenters. The van der Waals surface area contributed by atoms with Crippen LogP contribution < -0.4 is 16.0 Å². The van der Waals surface area contributed by atoms with Crippen LogP contribution in [0.15, 0.2) is 78.9 Å². The first kappa shape index (κ1) is 25.7. The molecule has 0 heterocycles. The van der Waals surface area contributed by atoms with E-state index in [0.717, 1.165) is 11.3 Å². The molecule has 3 aromatic carbocycles. The monoisotopic (exact) mass is 479 g/mol. The molecule has 0 aromatic heterocycles. The average Bonchev–Trinajstić information content (AvgIpc) is 2.81. The number of halogens is 1. The minimum Gasteiger partial charge on any atom is -0.444 e. The summed E-state index contributed by atoms with van der Waals surface area (Å²) in [6, 6.07) is 22.6. The zero-order chi connectivity index (χ0) is 25.3. The van der Waals surface area contributed by atoms with E-state index in [1.807, 2.05) is 60.7 Å². The van der Waals surface area contributed by atoms with Gasteiger partial charge in [-0.05, 0) is 56.7 Å². The average molecular weight is 480 g/mol. The first-order valence-electron chi connectivity index (χ1n) is 11.2. The highest BCUT2D eigenvalue weighted by Gasteiger charge is 2.23. The largest absolute Gasteiger partial charge is 0.444 e. The van der Waals surface area contributed by atoms with E-state index in [2.05, 4.69) is 16.0 Å². The zero-order valence-electron chi connectivity index (χ0n) is 20.0. The standard InChI is InChI=1S/C27H30FN3O4/c1-27(2,3)35-26(33)29-17-24(34-18-19-10-6-4-7-11-19)25(32)31-22-15-14-20(28)16-23(22)30-21-12-8-5-9-13-21/h4-16,24,30H,17-18H2,1-3H3,(H,29,33)(H,31,32). The highest BCUT2D eigenvalue weighted by atomic mass is 19.1. The summed E-state index contributed by atoms with van der Waals surface area (Å²) >= 11 is 0. The Kier molecular flexibility index (Phi) is 8.80. The van der Waals surface area contributed by atoms with E-state index in [9.17, 15) is 14.0 Å². The number of ether oxygens (including phenoxy) is 2. The summed E-state index contributed by atoms with van der Waals surface area (Å²) < 4.78 is 25.1. The van der Waals surface area contributed by atoms with Crippen LogP contribution in [0.2, 0.25) is 0 Å². The fraction of sp³-hybridized carbons (Fsp3) is 0.259. The van der Waals surface area contributed by atoms with Crippen molar-refractivity contribution in [3.8, 4) is 0 Å². The third-order valence-corrected chi connectivity index (χ3v) is 4.71. The van der Waals surface area contributed by atoms with Crippen LogP contribution >= 0.6 is 0 Å². The summed E-state index contributed by atoms with van der Waals surface area (Å²) in [6.07, 6.45) is -1.69. The van der Waals surface area contributed by atoms with E-state index in [4.69, 9.17) is 9.47 Å². The Hall–Kier alpha value is -3.91. The molecule has 0 aliphatic carbocycles. The van der Waals surface area contributed by atoms with Gasteiger partial charge in [-0.2, -0.15) is 0 Å². The van der Waals surface area contributed by atoms with Gasteiger partial charge in [0, 0.05) is 5.69 Å². The number of carbonyl (C=O) groups is 2. The van der Waals surface area contributed by atoms with Crippen molar-refractivity contribution < 1.29 is 23.5 Å². The summed E-state index contributed by atoms with van der Waals surface area (Å²) in [5.74, 6) is -0.954. The SMILES string of the molecule is CC(C)(C)OC(=O)NCC(OCc1ccccc1)C(=O)Nc1ccc(F)cc1Nc1ccccc1. The van der Waals surface area contributed by atoms with Gasteiger partial charge in [0.05, 0.1) is 24.5 Å².